The summed E-state index contributed by atoms with van der Waals surface area (Å²) >= 11 is 0. The fraction of sp³-hybridized carbons (Fsp3) is 0.765. The maximum absolute atomic E-state index is 6.44. The molecule has 0 amide bonds. The summed E-state index contributed by atoms with van der Waals surface area (Å²) in [5, 5.41) is 0. The lowest BCUT2D eigenvalue weighted by atomic mass is 9.55. The Bertz CT molecular complexity index is 435. The van der Waals surface area contributed by atoms with E-state index in [2.05, 4.69) is 44.7 Å². The van der Waals surface area contributed by atoms with Crippen molar-refractivity contribution in [3.63, 3.8) is 0 Å². The van der Waals surface area contributed by atoms with Crippen LogP contribution in [-0.4, -0.2) is 29.8 Å². The fourth-order valence-electron chi connectivity index (χ4n) is 4.80. The van der Waals surface area contributed by atoms with Crippen LogP contribution >= 0.6 is 0 Å². The molecule has 0 aromatic heterocycles. The minimum absolute atomic E-state index is 0.0785. The highest BCUT2D eigenvalue weighted by Crippen LogP contribution is 2.60. The Morgan fingerprint density at radius 1 is 1.47 bits per heavy atom. The van der Waals surface area contributed by atoms with E-state index in [1.165, 1.54) is 32.2 Å². The largest absolute Gasteiger partial charge is 0.357 e. The van der Waals surface area contributed by atoms with Gasteiger partial charge in [0.25, 0.3) is 0 Å². The molecule has 0 radical (unpaired) electrons. The Balaban J connectivity index is 2.12. The molecule has 2 heterocycles. The first-order valence-corrected chi connectivity index (χ1v) is 7.80. The van der Waals surface area contributed by atoms with E-state index in [4.69, 9.17) is 4.74 Å². The van der Waals surface area contributed by atoms with Gasteiger partial charge in [0.05, 0.1) is 5.60 Å². The van der Waals surface area contributed by atoms with Crippen LogP contribution in [0, 0.1) is 5.41 Å². The van der Waals surface area contributed by atoms with Gasteiger partial charge >= 0.3 is 0 Å². The Kier molecular flexibility index (Phi) is 3.14. The van der Waals surface area contributed by atoms with Gasteiger partial charge in [-0.3, -0.25) is 4.90 Å². The summed E-state index contributed by atoms with van der Waals surface area (Å²) in [6, 6.07) is 0.598. The number of hydrogen-bond acceptors (Lipinski definition) is 2. The van der Waals surface area contributed by atoms with Gasteiger partial charge in [-0.05, 0) is 38.7 Å². The number of rotatable bonds is 3. The molecule has 0 spiro atoms. The average molecular weight is 261 g/mol. The molecular formula is C17H27NO. The molecule has 19 heavy (non-hydrogen) atoms. The number of nitrogens with zero attached hydrogens (tertiary/aromatic N) is 1. The monoisotopic (exact) mass is 261 g/mol. The first-order chi connectivity index (χ1) is 9.09. The molecule has 3 rings (SSSR count). The van der Waals surface area contributed by atoms with Gasteiger partial charge in [0.15, 0.2) is 0 Å². The standard InChI is InChI=1S/C17H27NO/c1-5-7-14-11-15-17(8-6-2)16(4,13(14)3)9-10-18(15)12-19-17/h5,7,15H,6,8-12H2,1-4H3. The van der Waals surface area contributed by atoms with Gasteiger partial charge in [0.2, 0.25) is 0 Å². The van der Waals surface area contributed by atoms with Gasteiger partial charge in [0, 0.05) is 18.0 Å². The minimum Gasteiger partial charge on any atom is -0.357 e. The topological polar surface area (TPSA) is 12.5 Å². The molecule has 2 fully saturated rings. The quantitative estimate of drug-likeness (QED) is 0.764. The van der Waals surface area contributed by atoms with Gasteiger partial charge in [-0.1, -0.05) is 38.0 Å². The molecule has 0 aromatic rings. The van der Waals surface area contributed by atoms with E-state index in [1.54, 1.807) is 11.1 Å². The van der Waals surface area contributed by atoms with Crippen LogP contribution in [-0.2, 0) is 4.74 Å². The Hall–Kier alpha value is -0.600. The summed E-state index contributed by atoms with van der Waals surface area (Å²) in [6.45, 7) is 11.3. The van der Waals surface area contributed by atoms with E-state index in [0.29, 0.717) is 6.04 Å². The zero-order valence-corrected chi connectivity index (χ0v) is 12.8. The van der Waals surface area contributed by atoms with Crippen LogP contribution < -0.4 is 0 Å². The first kappa shape index (κ1) is 13.4. The molecule has 2 heteroatoms. The predicted molar refractivity (Wildman–Crippen MR) is 78.9 cm³/mol. The Morgan fingerprint density at radius 3 is 2.95 bits per heavy atom. The third-order valence-electron chi connectivity index (χ3n) is 6.01. The van der Waals surface area contributed by atoms with E-state index >= 15 is 0 Å². The predicted octanol–water partition coefficient (Wildman–Crippen LogP) is 3.89. The van der Waals surface area contributed by atoms with Crippen LogP contribution in [0.2, 0.25) is 0 Å². The van der Waals surface area contributed by atoms with Crippen molar-refractivity contribution in [2.45, 2.75) is 65.0 Å². The van der Waals surface area contributed by atoms with Gasteiger partial charge in [-0.25, -0.2) is 0 Å². The van der Waals surface area contributed by atoms with Gasteiger partial charge in [0.1, 0.15) is 6.73 Å². The van der Waals surface area contributed by atoms with E-state index in [1.807, 2.05) is 0 Å². The number of allylic oxidation sites excluding steroid dienone is 2. The van der Waals surface area contributed by atoms with Crippen LogP contribution in [0.25, 0.3) is 0 Å². The lowest BCUT2D eigenvalue weighted by Crippen LogP contribution is -2.63. The van der Waals surface area contributed by atoms with Crippen molar-refractivity contribution in [2.75, 3.05) is 13.3 Å². The maximum atomic E-state index is 6.44. The third-order valence-corrected chi connectivity index (χ3v) is 6.01. The molecule has 2 aliphatic heterocycles. The van der Waals surface area contributed by atoms with Crippen LogP contribution in [0.3, 0.4) is 0 Å². The average Bonchev–Trinajstić information content (AvgIpc) is 2.66. The van der Waals surface area contributed by atoms with Gasteiger partial charge in [-0.2, -0.15) is 0 Å². The minimum atomic E-state index is 0.0785. The highest BCUT2D eigenvalue weighted by Gasteiger charge is 2.64. The van der Waals surface area contributed by atoms with Crippen LogP contribution in [0.4, 0.5) is 0 Å². The highest BCUT2D eigenvalue weighted by molar-refractivity contribution is 5.39. The second-order valence-electron chi connectivity index (χ2n) is 6.68. The maximum Gasteiger partial charge on any atom is 0.100 e. The normalized spacial score (nSPS) is 45.3. The summed E-state index contributed by atoms with van der Waals surface area (Å²) in [4.78, 5) is 2.58. The lowest BCUT2D eigenvalue weighted by molar-refractivity contribution is -0.104. The summed E-state index contributed by atoms with van der Waals surface area (Å²) < 4.78 is 6.44. The SMILES string of the molecule is CC=CC1=C(C)C2(C)CCN3COC2(CCC)C3C1. The van der Waals surface area contributed by atoms with Crippen LogP contribution in [0.1, 0.15) is 53.4 Å². The molecule has 0 N–H and O–H groups in total. The smallest absolute Gasteiger partial charge is 0.100 e. The molecule has 4 unspecified atom stereocenters. The second-order valence-corrected chi connectivity index (χ2v) is 6.68. The third kappa shape index (κ3) is 1.56. The molecule has 0 aromatic carbocycles. The fourth-order valence-corrected chi connectivity index (χ4v) is 4.80. The zero-order valence-electron chi connectivity index (χ0n) is 12.8. The van der Waals surface area contributed by atoms with Crippen molar-refractivity contribution in [3.8, 4) is 0 Å². The van der Waals surface area contributed by atoms with Crippen LogP contribution in [0.15, 0.2) is 23.3 Å². The Morgan fingerprint density at radius 2 is 2.26 bits per heavy atom. The number of ether oxygens (including phenoxy) is 1. The van der Waals surface area contributed by atoms with Crippen molar-refractivity contribution in [2.24, 2.45) is 5.41 Å². The summed E-state index contributed by atoms with van der Waals surface area (Å²) in [6.07, 6.45) is 9.35. The number of hydrogen-bond donors (Lipinski definition) is 0. The van der Waals surface area contributed by atoms with Gasteiger partial charge in [-0.15, -0.1) is 0 Å². The van der Waals surface area contributed by atoms with Crippen molar-refractivity contribution in [3.05, 3.63) is 23.3 Å². The van der Waals surface area contributed by atoms with Crippen molar-refractivity contribution in [1.82, 2.24) is 4.90 Å². The highest BCUT2D eigenvalue weighted by atomic mass is 16.5. The molecule has 4 atom stereocenters. The van der Waals surface area contributed by atoms with E-state index < -0.39 is 0 Å². The lowest BCUT2D eigenvalue weighted by Gasteiger charge is -2.57. The molecule has 4 bridgehead atoms. The van der Waals surface area contributed by atoms with E-state index in [0.717, 1.165) is 6.73 Å². The molecule has 3 aliphatic rings. The molecule has 1 aliphatic carbocycles. The van der Waals surface area contributed by atoms with Crippen molar-refractivity contribution < 1.29 is 4.74 Å². The second kappa shape index (κ2) is 4.46. The zero-order chi connectivity index (χ0) is 13.7. The molecule has 2 saturated heterocycles. The summed E-state index contributed by atoms with van der Waals surface area (Å²) in [5.74, 6) is 0. The Labute approximate surface area is 117 Å². The van der Waals surface area contributed by atoms with Gasteiger partial charge < -0.3 is 4.74 Å². The molecular weight excluding hydrogens is 234 g/mol. The van der Waals surface area contributed by atoms with E-state index in [-0.39, 0.29) is 11.0 Å². The first-order valence-electron chi connectivity index (χ1n) is 7.80. The van der Waals surface area contributed by atoms with Crippen LogP contribution in [0.5, 0.6) is 0 Å². The van der Waals surface area contributed by atoms with E-state index in [9.17, 15) is 0 Å². The summed E-state index contributed by atoms with van der Waals surface area (Å²) in [5.41, 5.74) is 3.44. The molecule has 2 nitrogen and oxygen atoms in total. The number of piperidine rings is 1. The molecule has 106 valence electrons. The molecule has 0 saturated carbocycles. The van der Waals surface area contributed by atoms with Crippen molar-refractivity contribution >= 4 is 0 Å². The van der Waals surface area contributed by atoms with Crippen molar-refractivity contribution in [1.29, 1.82) is 0 Å². The summed E-state index contributed by atoms with van der Waals surface area (Å²) in [7, 11) is 0.